The number of fused-ring (bicyclic) bond motifs is 1. The van der Waals surface area contributed by atoms with Crippen LogP contribution in [0.4, 0.5) is 0 Å². The highest BCUT2D eigenvalue weighted by atomic mass is 16.2. The normalized spacial score (nSPS) is 29.8. The summed E-state index contributed by atoms with van der Waals surface area (Å²) < 4.78 is 0. The average Bonchev–Trinajstić information content (AvgIpc) is 2.49. The Balaban J connectivity index is 1.81. The van der Waals surface area contributed by atoms with Crippen LogP contribution in [0.15, 0.2) is 30.3 Å². The molecule has 1 aliphatic carbocycles. The lowest BCUT2D eigenvalue weighted by Gasteiger charge is -2.25. The van der Waals surface area contributed by atoms with Gasteiger partial charge in [-0.2, -0.15) is 0 Å². The fourth-order valence-electron chi connectivity index (χ4n) is 2.93. The largest absolute Gasteiger partial charge is 0.335 e. The van der Waals surface area contributed by atoms with Crippen LogP contribution in [0.2, 0.25) is 0 Å². The molecule has 1 saturated carbocycles. The molecule has 2 nitrogen and oxygen atoms in total. The lowest BCUT2D eigenvalue weighted by molar-refractivity contribution is -0.134. The number of likely N-dealkylation sites (tertiary alicyclic amines) is 1. The number of nitrogens with zero attached hydrogens (tertiary/aromatic N) is 1. The van der Waals surface area contributed by atoms with Crippen molar-refractivity contribution in [2.75, 3.05) is 6.54 Å². The summed E-state index contributed by atoms with van der Waals surface area (Å²) in [5, 5.41) is 0. The first-order valence-electron chi connectivity index (χ1n) is 6.13. The van der Waals surface area contributed by atoms with Gasteiger partial charge in [-0.1, -0.05) is 30.3 Å². The van der Waals surface area contributed by atoms with Crippen LogP contribution < -0.4 is 0 Å². The second kappa shape index (κ2) is 3.62. The van der Waals surface area contributed by atoms with E-state index in [1.807, 2.05) is 18.2 Å². The third kappa shape index (κ3) is 1.36. The molecule has 16 heavy (non-hydrogen) atoms. The van der Waals surface area contributed by atoms with Gasteiger partial charge in [-0.25, -0.2) is 0 Å². The quantitative estimate of drug-likeness (QED) is 0.742. The van der Waals surface area contributed by atoms with Crippen LogP contribution >= 0.6 is 0 Å². The fraction of sp³-hybridized carbons (Fsp3) is 0.500. The molecule has 3 atom stereocenters. The molecule has 1 saturated heterocycles. The van der Waals surface area contributed by atoms with Gasteiger partial charge in [0.1, 0.15) is 0 Å². The van der Waals surface area contributed by atoms with E-state index in [0.717, 1.165) is 13.0 Å². The Morgan fingerprint density at radius 3 is 2.50 bits per heavy atom. The summed E-state index contributed by atoms with van der Waals surface area (Å²) in [5.41, 5.74) is 1.25. The van der Waals surface area contributed by atoms with Crippen LogP contribution in [0.5, 0.6) is 0 Å². The van der Waals surface area contributed by atoms with Crippen molar-refractivity contribution in [3.8, 4) is 0 Å². The van der Waals surface area contributed by atoms with E-state index in [-0.39, 0.29) is 6.04 Å². The average molecular weight is 215 g/mol. The topological polar surface area (TPSA) is 20.3 Å². The number of amides is 1. The van der Waals surface area contributed by atoms with Gasteiger partial charge in [0.15, 0.2) is 0 Å². The maximum atomic E-state index is 12.1. The van der Waals surface area contributed by atoms with Crippen molar-refractivity contribution in [1.29, 1.82) is 0 Å². The summed E-state index contributed by atoms with van der Waals surface area (Å²) in [4.78, 5) is 14.2. The van der Waals surface area contributed by atoms with Gasteiger partial charge in [-0.15, -0.1) is 0 Å². The van der Waals surface area contributed by atoms with E-state index >= 15 is 0 Å². The van der Waals surface area contributed by atoms with Gasteiger partial charge in [0.25, 0.3) is 0 Å². The molecule has 1 aromatic carbocycles. The Kier molecular flexibility index (Phi) is 2.23. The fourth-order valence-corrected chi connectivity index (χ4v) is 2.93. The van der Waals surface area contributed by atoms with Crippen molar-refractivity contribution < 1.29 is 4.79 Å². The predicted molar refractivity (Wildman–Crippen MR) is 62.8 cm³/mol. The van der Waals surface area contributed by atoms with Crippen molar-refractivity contribution in [1.82, 2.24) is 4.90 Å². The number of hydrogen-bond acceptors (Lipinski definition) is 1. The van der Waals surface area contributed by atoms with Gasteiger partial charge in [-0.05, 0) is 31.2 Å². The third-order valence-electron chi connectivity index (χ3n) is 4.20. The Morgan fingerprint density at radius 2 is 2.00 bits per heavy atom. The minimum Gasteiger partial charge on any atom is -0.335 e. The second-order valence-corrected chi connectivity index (χ2v) is 5.02. The number of benzene rings is 1. The zero-order chi connectivity index (χ0) is 11.1. The minimum absolute atomic E-state index is 0.235. The number of carbonyl (C=O) groups excluding carboxylic acids is 1. The lowest BCUT2D eigenvalue weighted by atomic mass is 9.76. The van der Waals surface area contributed by atoms with Gasteiger partial charge in [-0.3, -0.25) is 4.79 Å². The van der Waals surface area contributed by atoms with Gasteiger partial charge in [0.2, 0.25) is 5.91 Å². The molecule has 1 aromatic rings. The summed E-state index contributed by atoms with van der Waals surface area (Å²) >= 11 is 0. The van der Waals surface area contributed by atoms with Crippen LogP contribution in [-0.2, 0) is 4.79 Å². The smallest absolute Gasteiger partial charge is 0.226 e. The SMILES string of the molecule is C[C@@H](c1ccccc1)N1C[C@@H]2CC[C@@H]2C1=O. The molecule has 0 radical (unpaired) electrons. The van der Waals surface area contributed by atoms with Gasteiger partial charge < -0.3 is 4.90 Å². The first kappa shape index (κ1) is 9.88. The summed E-state index contributed by atoms with van der Waals surface area (Å²) in [6, 6.07) is 10.6. The van der Waals surface area contributed by atoms with Crippen LogP contribution in [-0.4, -0.2) is 17.4 Å². The van der Waals surface area contributed by atoms with E-state index in [1.54, 1.807) is 0 Å². The molecular formula is C14H17NO. The summed E-state index contributed by atoms with van der Waals surface area (Å²) in [6.45, 7) is 3.11. The summed E-state index contributed by atoms with van der Waals surface area (Å²) in [5.74, 6) is 1.39. The molecule has 2 fully saturated rings. The molecule has 3 rings (SSSR count). The molecular weight excluding hydrogens is 198 g/mol. The summed E-state index contributed by atoms with van der Waals surface area (Å²) in [6.07, 6.45) is 2.36. The molecule has 0 spiro atoms. The van der Waals surface area contributed by atoms with Crippen LogP contribution in [0.3, 0.4) is 0 Å². The van der Waals surface area contributed by atoms with E-state index in [9.17, 15) is 4.79 Å². The highest BCUT2D eigenvalue weighted by Crippen LogP contribution is 2.44. The van der Waals surface area contributed by atoms with Gasteiger partial charge in [0.05, 0.1) is 6.04 Å². The number of hydrogen-bond donors (Lipinski definition) is 0. The molecule has 1 aliphatic heterocycles. The van der Waals surface area contributed by atoms with Crippen LogP contribution in [0.1, 0.15) is 31.4 Å². The molecule has 84 valence electrons. The lowest BCUT2D eigenvalue weighted by Crippen LogP contribution is -2.30. The van der Waals surface area contributed by atoms with Gasteiger partial charge in [0, 0.05) is 12.5 Å². The van der Waals surface area contributed by atoms with Crippen molar-refractivity contribution in [2.45, 2.75) is 25.8 Å². The third-order valence-corrected chi connectivity index (χ3v) is 4.20. The van der Waals surface area contributed by atoms with Gasteiger partial charge >= 0.3 is 0 Å². The first-order chi connectivity index (χ1) is 7.77. The minimum atomic E-state index is 0.235. The molecule has 2 aliphatic rings. The number of rotatable bonds is 2. The molecule has 0 aromatic heterocycles. The maximum absolute atomic E-state index is 12.1. The van der Waals surface area contributed by atoms with Crippen LogP contribution in [0, 0.1) is 11.8 Å². The Labute approximate surface area is 96.3 Å². The van der Waals surface area contributed by atoms with E-state index < -0.39 is 0 Å². The van der Waals surface area contributed by atoms with E-state index in [4.69, 9.17) is 0 Å². The number of carbonyl (C=O) groups is 1. The standard InChI is InChI=1S/C14H17NO/c1-10(11-5-3-2-4-6-11)15-9-12-7-8-13(12)14(15)16/h2-6,10,12-13H,7-9H2,1H3/t10-,12-,13-/m0/s1. The highest BCUT2D eigenvalue weighted by molar-refractivity contribution is 5.82. The van der Waals surface area contributed by atoms with Crippen molar-refractivity contribution in [3.63, 3.8) is 0 Å². The predicted octanol–water partition coefficient (Wildman–Crippen LogP) is 2.62. The molecule has 0 unspecified atom stereocenters. The molecule has 1 heterocycles. The van der Waals surface area contributed by atoms with Crippen LogP contribution in [0.25, 0.3) is 0 Å². The van der Waals surface area contributed by atoms with Crippen molar-refractivity contribution >= 4 is 5.91 Å². The van der Waals surface area contributed by atoms with E-state index in [0.29, 0.717) is 17.7 Å². The maximum Gasteiger partial charge on any atom is 0.226 e. The monoisotopic (exact) mass is 215 g/mol. The molecule has 1 amide bonds. The van der Waals surface area contributed by atoms with Crippen molar-refractivity contribution in [2.24, 2.45) is 11.8 Å². The second-order valence-electron chi connectivity index (χ2n) is 5.02. The van der Waals surface area contributed by atoms with E-state index in [1.165, 1.54) is 12.0 Å². The molecule has 0 bridgehead atoms. The van der Waals surface area contributed by atoms with Crippen molar-refractivity contribution in [3.05, 3.63) is 35.9 Å². The zero-order valence-corrected chi connectivity index (χ0v) is 9.60. The molecule has 0 N–H and O–H groups in total. The molecule has 2 heteroatoms. The Hall–Kier alpha value is -1.31. The zero-order valence-electron chi connectivity index (χ0n) is 9.60. The highest BCUT2D eigenvalue weighted by Gasteiger charge is 2.47. The Bertz CT molecular complexity index is 400. The summed E-state index contributed by atoms with van der Waals surface area (Å²) in [7, 11) is 0. The Morgan fingerprint density at radius 1 is 1.25 bits per heavy atom. The van der Waals surface area contributed by atoms with E-state index in [2.05, 4.69) is 24.0 Å². The first-order valence-corrected chi connectivity index (χ1v) is 6.13.